The van der Waals surface area contributed by atoms with Gasteiger partial charge in [-0.3, -0.25) is 0 Å². The van der Waals surface area contributed by atoms with Crippen LogP contribution < -0.4 is 0 Å². The summed E-state index contributed by atoms with van der Waals surface area (Å²) in [5.74, 6) is 0. The molecule has 1 rings (SSSR count). The fourth-order valence-electron chi connectivity index (χ4n) is 1.01. The van der Waals surface area contributed by atoms with Gasteiger partial charge in [0.15, 0.2) is 0 Å². The number of hydrogen-bond acceptors (Lipinski definition) is 2. The molecule has 0 bridgehead atoms. The zero-order valence-corrected chi connectivity index (χ0v) is 8.36. The first-order chi connectivity index (χ1) is 5.86. The minimum Gasteiger partial charge on any atom is -0.384 e. The van der Waals surface area contributed by atoms with Crippen LogP contribution in [0.15, 0.2) is 29.2 Å². The van der Waals surface area contributed by atoms with E-state index in [2.05, 4.69) is 30.5 Å². The molecule has 0 aromatic heterocycles. The molecule has 2 heteroatoms. The summed E-state index contributed by atoms with van der Waals surface area (Å²) in [7, 11) is 1.73. The number of benzene rings is 1. The SMILES string of the molecule is COCCc1ccc(SC)cc1. The molecule has 0 saturated heterocycles. The van der Waals surface area contributed by atoms with E-state index in [1.165, 1.54) is 10.5 Å². The summed E-state index contributed by atoms with van der Waals surface area (Å²) < 4.78 is 5.00. The molecular weight excluding hydrogens is 168 g/mol. The van der Waals surface area contributed by atoms with E-state index in [1.54, 1.807) is 18.9 Å². The summed E-state index contributed by atoms with van der Waals surface area (Å²) in [5.41, 5.74) is 1.34. The molecule has 0 unspecified atom stereocenters. The van der Waals surface area contributed by atoms with Crippen molar-refractivity contribution in [2.24, 2.45) is 0 Å². The van der Waals surface area contributed by atoms with Gasteiger partial charge in [-0.1, -0.05) is 12.1 Å². The lowest BCUT2D eigenvalue weighted by Crippen LogP contribution is -1.93. The summed E-state index contributed by atoms with van der Waals surface area (Å²) >= 11 is 1.77. The molecule has 12 heavy (non-hydrogen) atoms. The molecule has 0 radical (unpaired) electrons. The van der Waals surface area contributed by atoms with E-state index in [4.69, 9.17) is 4.74 Å². The van der Waals surface area contributed by atoms with E-state index >= 15 is 0 Å². The molecule has 0 aliphatic carbocycles. The van der Waals surface area contributed by atoms with Crippen LogP contribution in [-0.4, -0.2) is 20.0 Å². The van der Waals surface area contributed by atoms with Crippen LogP contribution in [0.3, 0.4) is 0 Å². The predicted molar refractivity (Wildman–Crippen MR) is 53.8 cm³/mol. The second-order valence-corrected chi connectivity index (χ2v) is 3.47. The van der Waals surface area contributed by atoms with Crippen molar-refractivity contribution in [1.82, 2.24) is 0 Å². The molecule has 0 heterocycles. The van der Waals surface area contributed by atoms with Crippen LogP contribution in [0.5, 0.6) is 0 Å². The molecule has 1 aromatic rings. The lowest BCUT2D eigenvalue weighted by molar-refractivity contribution is 0.202. The average molecular weight is 182 g/mol. The predicted octanol–water partition coefficient (Wildman–Crippen LogP) is 2.60. The molecule has 1 nitrogen and oxygen atoms in total. The lowest BCUT2D eigenvalue weighted by Gasteiger charge is -2.00. The highest BCUT2D eigenvalue weighted by atomic mass is 32.2. The quantitative estimate of drug-likeness (QED) is 0.662. The number of thioether (sulfide) groups is 1. The Morgan fingerprint density at radius 1 is 1.25 bits per heavy atom. The number of methoxy groups -OCH3 is 1. The van der Waals surface area contributed by atoms with E-state index in [-0.39, 0.29) is 0 Å². The van der Waals surface area contributed by atoms with Gasteiger partial charge in [-0.25, -0.2) is 0 Å². The fourth-order valence-corrected chi connectivity index (χ4v) is 1.42. The van der Waals surface area contributed by atoms with E-state index in [1.807, 2.05) is 0 Å². The van der Waals surface area contributed by atoms with Gasteiger partial charge in [-0.05, 0) is 30.4 Å². The maximum atomic E-state index is 5.00. The second kappa shape index (κ2) is 5.22. The Bertz CT molecular complexity index is 218. The topological polar surface area (TPSA) is 9.23 Å². The average Bonchev–Trinajstić information content (AvgIpc) is 2.15. The van der Waals surface area contributed by atoms with Crippen LogP contribution in [0.2, 0.25) is 0 Å². The van der Waals surface area contributed by atoms with Gasteiger partial charge in [0.1, 0.15) is 0 Å². The van der Waals surface area contributed by atoms with Crippen molar-refractivity contribution in [2.45, 2.75) is 11.3 Å². The Kier molecular flexibility index (Phi) is 4.19. The van der Waals surface area contributed by atoms with E-state index in [0.717, 1.165) is 13.0 Å². The summed E-state index contributed by atoms with van der Waals surface area (Å²) in [6, 6.07) is 8.61. The Morgan fingerprint density at radius 3 is 2.42 bits per heavy atom. The molecule has 0 N–H and O–H groups in total. The lowest BCUT2D eigenvalue weighted by atomic mass is 10.2. The highest BCUT2D eigenvalue weighted by Crippen LogP contribution is 2.14. The standard InChI is InChI=1S/C10H14OS/c1-11-8-7-9-3-5-10(12-2)6-4-9/h3-6H,7-8H2,1-2H3. The van der Waals surface area contributed by atoms with Gasteiger partial charge in [0.2, 0.25) is 0 Å². The van der Waals surface area contributed by atoms with E-state index in [9.17, 15) is 0 Å². The van der Waals surface area contributed by atoms with Crippen LogP contribution in [0.4, 0.5) is 0 Å². The van der Waals surface area contributed by atoms with Crippen molar-refractivity contribution in [3.63, 3.8) is 0 Å². The molecule has 0 saturated carbocycles. The highest BCUT2D eigenvalue weighted by Gasteiger charge is 1.92. The number of hydrogen-bond donors (Lipinski definition) is 0. The van der Waals surface area contributed by atoms with Crippen molar-refractivity contribution in [3.8, 4) is 0 Å². The third kappa shape index (κ3) is 2.88. The van der Waals surface area contributed by atoms with Gasteiger partial charge in [0.25, 0.3) is 0 Å². The molecule has 0 fully saturated rings. The zero-order chi connectivity index (χ0) is 8.81. The van der Waals surface area contributed by atoms with Crippen LogP contribution in [0.25, 0.3) is 0 Å². The first-order valence-electron chi connectivity index (χ1n) is 3.98. The van der Waals surface area contributed by atoms with Crippen molar-refractivity contribution in [1.29, 1.82) is 0 Å². The summed E-state index contributed by atoms with van der Waals surface area (Å²) in [6.07, 6.45) is 3.09. The first-order valence-corrected chi connectivity index (χ1v) is 5.21. The van der Waals surface area contributed by atoms with E-state index in [0.29, 0.717) is 0 Å². The smallest absolute Gasteiger partial charge is 0.0502 e. The van der Waals surface area contributed by atoms with Crippen LogP contribution in [0, 0.1) is 0 Å². The highest BCUT2D eigenvalue weighted by molar-refractivity contribution is 7.98. The van der Waals surface area contributed by atoms with Gasteiger partial charge < -0.3 is 4.74 Å². The van der Waals surface area contributed by atoms with Crippen LogP contribution in [-0.2, 0) is 11.2 Å². The maximum Gasteiger partial charge on any atom is 0.0502 e. The van der Waals surface area contributed by atoms with Gasteiger partial charge in [0.05, 0.1) is 6.61 Å². The fraction of sp³-hybridized carbons (Fsp3) is 0.400. The Hall–Kier alpha value is -0.470. The summed E-state index contributed by atoms with van der Waals surface area (Å²) in [4.78, 5) is 1.32. The molecule has 0 aliphatic heterocycles. The zero-order valence-electron chi connectivity index (χ0n) is 7.54. The van der Waals surface area contributed by atoms with Crippen LogP contribution in [0.1, 0.15) is 5.56 Å². The molecule has 66 valence electrons. The van der Waals surface area contributed by atoms with Crippen LogP contribution >= 0.6 is 11.8 Å². The Labute approximate surface area is 78.1 Å². The molecule has 1 aromatic carbocycles. The third-order valence-electron chi connectivity index (χ3n) is 1.75. The summed E-state index contributed by atoms with van der Waals surface area (Å²) in [5, 5.41) is 0. The normalized spacial score (nSPS) is 10.2. The number of ether oxygens (including phenoxy) is 1. The largest absolute Gasteiger partial charge is 0.384 e. The molecule has 0 atom stereocenters. The summed E-state index contributed by atoms with van der Waals surface area (Å²) in [6.45, 7) is 0.804. The van der Waals surface area contributed by atoms with Gasteiger partial charge in [-0.2, -0.15) is 0 Å². The second-order valence-electron chi connectivity index (χ2n) is 2.59. The van der Waals surface area contributed by atoms with Gasteiger partial charge in [0, 0.05) is 12.0 Å². The van der Waals surface area contributed by atoms with Crippen molar-refractivity contribution in [2.75, 3.05) is 20.0 Å². The Balaban J connectivity index is 2.53. The minimum atomic E-state index is 0.804. The van der Waals surface area contributed by atoms with Crippen molar-refractivity contribution >= 4 is 11.8 Å². The molecule has 0 amide bonds. The first kappa shape index (κ1) is 9.62. The number of rotatable bonds is 4. The minimum absolute atomic E-state index is 0.804. The van der Waals surface area contributed by atoms with Crippen molar-refractivity contribution in [3.05, 3.63) is 29.8 Å². The van der Waals surface area contributed by atoms with Crippen molar-refractivity contribution < 1.29 is 4.74 Å². The monoisotopic (exact) mass is 182 g/mol. The molecule has 0 aliphatic rings. The Morgan fingerprint density at radius 2 is 1.92 bits per heavy atom. The molecular formula is C10H14OS. The van der Waals surface area contributed by atoms with Gasteiger partial charge in [-0.15, -0.1) is 11.8 Å². The maximum absolute atomic E-state index is 5.00. The molecule has 0 spiro atoms. The third-order valence-corrected chi connectivity index (χ3v) is 2.50. The van der Waals surface area contributed by atoms with Gasteiger partial charge >= 0.3 is 0 Å². The van der Waals surface area contributed by atoms with E-state index < -0.39 is 0 Å².